The fourth-order valence-electron chi connectivity index (χ4n) is 0.408. The molecule has 0 aromatic heterocycles. The summed E-state index contributed by atoms with van der Waals surface area (Å²) in [4.78, 5) is 21.9. The Morgan fingerprint density at radius 1 is 1.23 bits per heavy atom. The number of nitrogens with one attached hydrogen (secondary N) is 1. The Morgan fingerprint density at radius 3 is 1.85 bits per heavy atom. The van der Waals surface area contributed by atoms with E-state index in [0.29, 0.717) is 0 Å². The van der Waals surface area contributed by atoms with Crippen LogP contribution in [0.25, 0.3) is 0 Å². The maximum absolute atomic E-state index is 11.3. The number of alkyl halides is 3. The van der Waals surface area contributed by atoms with E-state index in [4.69, 9.17) is 5.11 Å². The van der Waals surface area contributed by atoms with Crippen LogP contribution in [-0.2, 0) is 9.59 Å². The third kappa shape index (κ3) is 4.42. The lowest BCUT2D eigenvalue weighted by molar-refractivity contribution is -0.145. The molecule has 0 unspecified atom stereocenters. The summed E-state index contributed by atoms with van der Waals surface area (Å²) in [5.41, 5.74) is -1.29. The Balaban J connectivity index is 4.47. The van der Waals surface area contributed by atoms with Gasteiger partial charge in [-0.3, -0.25) is 4.79 Å². The van der Waals surface area contributed by atoms with Crippen molar-refractivity contribution in [2.24, 2.45) is 0 Å². The molecule has 0 saturated carbocycles. The summed E-state index contributed by atoms with van der Waals surface area (Å²) in [6.07, 6.45) is 0. The monoisotopic (exact) mass is 379 g/mol. The average molecular weight is 382 g/mol. The van der Waals surface area contributed by atoms with E-state index in [1.165, 1.54) is 13.8 Å². The Labute approximate surface area is 101 Å². The number of hydrogen-bond acceptors (Lipinski definition) is 2. The molecule has 0 radical (unpaired) electrons. The maximum atomic E-state index is 11.3. The van der Waals surface area contributed by atoms with Gasteiger partial charge < -0.3 is 10.4 Å². The normalized spacial score (nSPS) is 12.4. The molecule has 0 aromatic rings. The van der Waals surface area contributed by atoms with Gasteiger partial charge in [-0.2, -0.15) is 0 Å². The standard InChI is InChI=1S/C6H8Br3NO3/c1-5(2,4(12)13)10-3(11)6(7,8)9/h1-2H3,(H,10,11)(H,12,13). The number of carbonyl (C=O) groups is 2. The van der Waals surface area contributed by atoms with Crippen LogP contribution in [0.1, 0.15) is 13.8 Å². The molecule has 1 amide bonds. The van der Waals surface area contributed by atoms with Crippen LogP contribution in [0.2, 0.25) is 0 Å². The molecule has 0 fully saturated rings. The lowest BCUT2D eigenvalue weighted by Gasteiger charge is -2.23. The molecule has 13 heavy (non-hydrogen) atoms. The largest absolute Gasteiger partial charge is 0.480 e. The zero-order chi connectivity index (χ0) is 10.9. The number of carboxylic acids is 1. The SMILES string of the molecule is CC(C)(NC(=O)C(Br)(Br)Br)C(=O)O. The topological polar surface area (TPSA) is 66.4 Å². The van der Waals surface area contributed by atoms with Gasteiger partial charge >= 0.3 is 5.97 Å². The highest BCUT2D eigenvalue weighted by atomic mass is 80.0. The summed E-state index contributed by atoms with van der Waals surface area (Å²) >= 11 is 8.92. The number of halogens is 3. The second kappa shape index (κ2) is 4.27. The molecule has 76 valence electrons. The Hall–Kier alpha value is 0.380. The van der Waals surface area contributed by atoms with Crippen LogP contribution in [0.3, 0.4) is 0 Å². The van der Waals surface area contributed by atoms with Gasteiger partial charge in [-0.15, -0.1) is 0 Å². The van der Waals surface area contributed by atoms with E-state index < -0.39 is 19.6 Å². The summed E-state index contributed by atoms with van der Waals surface area (Å²) in [7, 11) is 0. The first-order valence-electron chi connectivity index (χ1n) is 3.20. The van der Waals surface area contributed by atoms with Gasteiger partial charge in [0.25, 0.3) is 5.91 Å². The molecule has 0 rings (SSSR count). The van der Waals surface area contributed by atoms with Crippen molar-refractivity contribution in [3.63, 3.8) is 0 Å². The highest BCUT2D eigenvalue weighted by molar-refractivity contribution is 9.40. The van der Waals surface area contributed by atoms with Crippen molar-refractivity contribution in [3.05, 3.63) is 0 Å². The van der Waals surface area contributed by atoms with E-state index >= 15 is 0 Å². The van der Waals surface area contributed by atoms with Crippen LogP contribution in [0, 0.1) is 0 Å². The molecule has 0 saturated heterocycles. The Kier molecular flexibility index (Phi) is 4.39. The molecule has 0 aliphatic heterocycles. The minimum absolute atomic E-state index is 0.514. The van der Waals surface area contributed by atoms with Gasteiger partial charge in [0.1, 0.15) is 5.54 Å². The van der Waals surface area contributed by atoms with Gasteiger partial charge in [-0.1, -0.05) is 0 Å². The smallest absolute Gasteiger partial charge is 0.328 e. The first-order valence-corrected chi connectivity index (χ1v) is 5.58. The quantitative estimate of drug-likeness (QED) is 0.717. The molecular formula is C6H8Br3NO3. The number of hydrogen-bond donors (Lipinski definition) is 2. The minimum atomic E-state index is -1.29. The van der Waals surface area contributed by atoms with Crippen LogP contribution in [-0.4, -0.2) is 24.7 Å². The van der Waals surface area contributed by atoms with Gasteiger partial charge in [0.2, 0.25) is 2.14 Å². The molecule has 0 bridgehead atoms. The zero-order valence-electron chi connectivity index (χ0n) is 6.90. The van der Waals surface area contributed by atoms with E-state index in [1.54, 1.807) is 0 Å². The summed E-state index contributed by atoms with van der Waals surface area (Å²) in [6.45, 7) is 2.79. The first kappa shape index (κ1) is 13.4. The number of rotatable bonds is 2. The van der Waals surface area contributed by atoms with Crippen molar-refractivity contribution in [1.29, 1.82) is 0 Å². The summed E-state index contributed by atoms with van der Waals surface area (Å²) in [5, 5.41) is 11.0. The second-order valence-electron chi connectivity index (χ2n) is 2.88. The van der Waals surface area contributed by atoms with Crippen molar-refractivity contribution in [3.8, 4) is 0 Å². The Bertz CT molecular complexity index is 234. The summed E-state index contributed by atoms with van der Waals surface area (Å²) < 4.78 is -1.13. The van der Waals surface area contributed by atoms with E-state index in [2.05, 4.69) is 53.1 Å². The lowest BCUT2D eigenvalue weighted by Crippen LogP contribution is -2.52. The highest BCUT2D eigenvalue weighted by Gasteiger charge is 2.36. The van der Waals surface area contributed by atoms with Gasteiger partial charge in [-0.05, 0) is 61.6 Å². The van der Waals surface area contributed by atoms with Crippen LogP contribution in [0.4, 0.5) is 0 Å². The van der Waals surface area contributed by atoms with Crippen molar-refractivity contribution in [2.75, 3.05) is 0 Å². The minimum Gasteiger partial charge on any atom is -0.480 e. The average Bonchev–Trinajstić information content (AvgIpc) is 1.83. The van der Waals surface area contributed by atoms with Crippen LogP contribution in [0.15, 0.2) is 0 Å². The Morgan fingerprint density at radius 2 is 1.62 bits per heavy atom. The zero-order valence-corrected chi connectivity index (χ0v) is 11.7. The highest BCUT2D eigenvalue weighted by Crippen LogP contribution is 2.33. The van der Waals surface area contributed by atoms with Gasteiger partial charge in [0.15, 0.2) is 0 Å². The van der Waals surface area contributed by atoms with Crippen molar-refractivity contribution in [2.45, 2.75) is 21.5 Å². The van der Waals surface area contributed by atoms with Gasteiger partial charge in [-0.25, -0.2) is 4.79 Å². The molecule has 0 aromatic carbocycles. The molecule has 2 N–H and O–H groups in total. The molecule has 0 spiro atoms. The van der Waals surface area contributed by atoms with Crippen molar-refractivity contribution >= 4 is 59.7 Å². The van der Waals surface area contributed by atoms with E-state index in [9.17, 15) is 9.59 Å². The van der Waals surface area contributed by atoms with E-state index in [-0.39, 0.29) is 0 Å². The fourth-order valence-corrected chi connectivity index (χ4v) is 0.706. The number of carbonyl (C=O) groups excluding carboxylic acids is 1. The molecule has 0 aliphatic rings. The molecule has 0 heterocycles. The predicted molar refractivity (Wildman–Crippen MR) is 59.4 cm³/mol. The molecule has 7 heteroatoms. The van der Waals surface area contributed by atoms with Crippen molar-refractivity contribution < 1.29 is 14.7 Å². The maximum Gasteiger partial charge on any atom is 0.328 e. The van der Waals surface area contributed by atoms with Gasteiger partial charge in [0, 0.05) is 0 Å². The molecule has 0 atom stereocenters. The molecule has 0 aliphatic carbocycles. The summed E-state index contributed by atoms with van der Waals surface area (Å²) in [5.74, 6) is -1.61. The van der Waals surface area contributed by atoms with Crippen LogP contribution < -0.4 is 5.32 Å². The predicted octanol–water partition coefficient (Wildman–Crippen LogP) is 1.80. The molecule has 4 nitrogen and oxygen atoms in total. The summed E-state index contributed by atoms with van der Waals surface area (Å²) in [6, 6.07) is 0. The third-order valence-corrected chi connectivity index (χ3v) is 2.30. The fraction of sp³-hybridized carbons (Fsp3) is 0.667. The second-order valence-corrected chi connectivity index (χ2v) is 9.64. The van der Waals surface area contributed by atoms with E-state index in [1.807, 2.05) is 0 Å². The first-order chi connectivity index (χ1) is 5.57. The number of amides is 1. The van der Waals surface area contributed by atoms with Crippen LogP contribution >= 0.6 is 47.8 Å². The van der Waals surface area contributed by atoms with Crippen molar-refractivity contribution in [1.82, 2.24) is 5.32 Å². The number of carboxylic acid groups (broad SMARTS) is 1. The third-order valence-electron chi connectivity index (χ3n) is 1.22. The number of aliphatic carboxylic acids is 1. The van der Waals surface area contributed by atoms with E-state index in [0.717, 1.165) is 0 Å². The molecular weight excluding hydrogens is 374 g/mol. The lowest BCUT2D eigenvalue weighted by atomic mass is 10.1. The van der Waals surface area contributed by atoms with Crippen LogP contribution in [0.5, 0.6) is 0 Å². The van der Waals surface area contributed by atoms with Gasteiger partial charge in [0.05, 0.1) is 0 Å².